The van der Waals surface area contributed by atoms with Crippen LogP contribution in [-0.2, 0) is 40.3 Å². The Kier molecular flexibility index (Phi) is 13.5. The molecule has 2 aromatic rings. The average Bonchev–Trinajstić information content (AvgIpc) is 3.54. The van der Waals surface area contributed by atoms with Gasteiger partial charge in [0.05, 0.1) is 11.6 Å². The quantitative estimate of drug-likeness (QED) is 0.0399. The summed E-state index contributed by atoms with van der Waals surface area (Å²) in [6.07, 6.45) is 3.20. The van der Waals surface area contributed by atoms with E-state index < -0.39 is 46.0 Å². The highest BCUT2D eigenvalue weighted by molar-refractivity contribution is 7.80. The first-order valence-corrected chi connectivity index (χ1v) is 18.7. The molecular weight excluding hydrogens is 723 g/mol. The number of aryl methyl sites for hydroxylation is 1. The number of fused-ring (bicyclic) bond motifs is 1. The number of nitrogens with two attached hydrogens (primary N) is 3. The lowest BCUT2D eigenvalue weighted by atomic mass is 9.84. The van der Waals surface area contributed by atoms with Crippen molar-refractivity contribution in [1.82, 2.24) is 20.3 Å². The molecule has 0 bridgehead atoms. The highest BCUT2D eigenvalue weighted by Gasteiger charge is 2.58. The number of ether oxygens (including phenoxy) is 1. The van der Waals surface area contributed by atoms with E-state index in [0.29, 0.717) is 36.0 Å². The predicted octanol–water partition coefficient (Wildman–Crippen LogP) is 0.288. The van der Waals surface area contributed by atoms with Gasteiger partial charge in [-0.3, -0.25) is 23.9 Å². The molecule has 2 fully saturated rings. The number of rotatable bonds is 13. The van der Waals surface area contributed by atoms with Gasteiger partial charge in [-0.25, -0.2) is 4.98 Å². The molecule has 0 radical (unpaired) electrons. The Hall–Kier alpha value is -4.41. The van der Waals surface area contributed by atoms with Gasteiger partial charge in [0.25, 0.3) is 18.3 Å². The molecule has 2 amide bonds. The van der Waals surface area contributed by atoms with Crippen molar-refractivity contribution in [3.05, 3.63) is 40.4 Å². The van der Waals surface area contributed by atoms with Crippen molar-refractivity contribution in [2.75, 3.05) is 31.9 Å². The third kappa shape index (κ3) is 10.1. The van der Waals surface area contributed by atoms with Crippen molar-refractivity contribution in [1.29, 1.82) is 0 Å². The minimum atomic E-state index is -4.96. The van der Waals surface area contributed by atoms with Gasteiger partial charge < -0.3 is 42.1 Å². The fourth-order valence-electron chi connectivity index (χ4n) is 5.98. The minimum absolute atomic E-state index is 0.113. The van der Waals surface area contributed by atoms with Crippen LogP contribution in [0.4, 0.5) is 5.13 Å². The summed E-state index contributed by atoms with van der Waals surface area (Å²) in [6, 6.07) is 4.74. The molecule has 0 saturated carbocycles. The fraction of sp³-hybridized carbons (Fsp3) is 0.548. The van der Waals surface area contributed by atoms with Crippen molar-refractivity contribution in [2.45, 2.75) is 82.7 Å². The number of nitrogen functional groups attached to an aromatic ring is 1. The molecule has 52 heavy (non-hydrogen) atoms. The summed E-state index contributed by atoms with van der Waals surface area (Å²) < 4.78 is 41.9. The number of carboxylic acid groups (broad SMARTS) is 1. The summed E-state index contributed by atoms with van der Waals surface area (Å²) in [4.78, 5) is 51.4. The molecule has 3 unspecified atom stereocenters. The Morgan fingerprint density at radius 1 is 1.29 bits per heavy atom. The summed E-state index contributed by atoms with van der Waals surface area (Å²) >= 11 is 1.08. The maximum Gasteiger partial charge on any atom is 0.418 e. The number of hydroxylamine groups is 2. The number of β-lactam (4-membered cyclic amide) rings is 1. The topological polar surface area (TPSA) is 288 Å². The third-order valence-corrected chi connectivity index (χ3v) is 9.84. The maximum atomic E-state index is 13.4. The summed E-state index contributed by atoms with van der Waals surface area (Å²) in [5.74, 6) is -0.523. The number of oxime groups is 1. The largest absolute Gasteiger partial charge is 0.486 e. The Morgan fingerprint density at radius 3 is 2.58 bits per heavy atom. The Morgan fingerprint density at radius 2 is 1.98 bits per heavy atom. The number of nitrogens with one attached hydrogen (secondary N) is 1. The molecule has 4 heterocycles. The molecule has 0 spiro atoms. The van der Waals surface area contributed by atoms with Crippen molar-refractivity contribution < 1.29 is 46.3 Å². The second kappa shape index (κ2) is 17.4. The van der Waals surface area contributed by atoms with Crippen molar-refractivity contribution in [3.8, 4) is 5.75 Å². The molecule has 5 rings (SSSR count). The molecular formula is C31H45N9O10S2. The molecule has 21 heteroatoms. The van der Waals surface area contributed by atoms with Gasteiger partial charge in [-0.1, -0.05) is 5.16 Å². The first-order chi connectivity index (χ1) is 24.6. The van der Waals surface area contributed by atoms with Gasteiger partial charge >= 0.3 is 10.4 Å². The number of benzene rings is 1. The molecule has 3 aliphatic heterocycles. The Balaban J connectivity index is 0.00000195. The van der Waals surface area contributed by atoms with Crippen molar-refractivity contribution in [2.24, 2.45) is 21.6 Å². The number of aromatic nitrogens is 1. The van der Waals surface area contributed by atoms with E-state index in [1.165, 1.54) is 19.2 Å². The van der Waals surface area contributed by atoms with Crippen molar-refractivity contribution in [3.63, 3.8) is 0 Å². The number of amides is 2. The number of nitrogens with zero attached hydrogens (tertiary/aromatic N) is 5. The first kappa shape index (κ1) is 40.4. The van der Waals surface area contributed by atoms with Crippen molar-refractivity contribution >= 4 is 56.7 Å². The molecule has 9 N–H and O–H groups in total. The number of piperidine rings is 1. The zero-order chi connectivity index (χ0) is 38.2. The van der Waals surface area contributed by atoms with E-state index in [1.54, 1.807) is 6.92 Å². The van der Waals surface area contributed by atoms with E-state index in [2.05, 4.69) is 24.6 Å². The summed E-state index contributed by atoms with van der Waals surface area (Å²) in [5.41, 5.74) is 18.2. The highest BCUT2D eigenvalue weighted by atomic mass is 32.3. The second-order valence-corrected chi connectivity index (χ2v) is 14.8. The molecule has 2 saturated heterocycles. The van der Waals surface area contributed by atoms with E-state index in [1.807, 2.05) is 18.2 Å². The van der Waals surface area contributed by atoms with E-state index >= 15 is 0 Å². The predicted molar refractivity (Wildman–Crippen MR) is 191 cm³/mol. The minimum Gasteiger partial charge on any atom is -0.486 e. The zero-order valence-electron chi connectivity index (χ0n) is 29.0. The standard InChI is InChI=1S/C30H43N9O8S2.CH2O2/c1-17(22-7-5-18-15-19(6-8-23(18)45-22)26(32)34-20-9-13-38(14-10-20)12-4-11-31)46-37-24(21-16-48-29(33)35-21)27(40)36-25-28(41)39(30(25,2)3)47-49(42,43)44;2-1-3/h6,8,15-17,20,22,25H,4-5,7,9-14,31H2,1-3H3,(H2,32,34)(H2,33,35)(H,36,40)(H,42,43,44);1H,(H,2,3)/b37-24-;. The van der Waals surface area contributed by atoms with Crippen LogP contribution in [0.3, 0.4) is 0 Å². The third-order valence-electron chi connectivity index (χ3n) is 8.82. The lowest BCUT2D eigenvalue weighted by molar-refractivity contribution is -0.218. The van der Waals surface area contributed by atoms with Crippen LogP contribution in [0.2, 0.25) is 0 Å². The molecule has 1 aromatic carbocycles. The number of aliphatic imine (C=N–C) groups is 1. The first-order valence-electron chi connectivity index (χ1n) is 16.5. The van der Waals surface area contributed by atoms with E-state index in [0.717, 1.165) is 61.4 Å². The smallest absolute Gasteiger partial charge is 0.418 e. The summed E-state index contributed by atoms with van der Waals surface area (Å²) in [6.45, 7) is 8.08. The number of carbonyl (C=O) groups excluding carboxylic acids is 2. The molecule has 19 nitrogen and oxygen atoms in total. The fourth-order valence-corrected chi connectivity index (χ4v) is 6.98. The Bertz CT molecular complexity index is 1760. The van der Waals surface area contributed by atoms with Crippen LogP contribution in [0.15, 0.2) is 33.7 Å². The molecule has 3 aliphatic rings. The van der Waals surface area contributed by atoms with Crippen LogP contribution in [0.5, 0.6) is 5.75 Å². The van der Waals surface area contributed by atoms with Gasteiger partial charge in [-0.15, -0.1) is 15.6 Å². The van der Waals surface area contributed by atoms with E-state index in [4.69, 9.17) is 46.2 Å². The normalized spacial score (nSPS) is 21.5. The van der Waals surface area contributed by atoms with Crippen LogP contribution in [-0.4, -0.2) is 119 Å². The average molecular weight is 768 g/mol. The van der Waals surface area contributed by atoms with Crippen LogP contribution in [0.1, 0.15) is 63.3 Å². The van der Waals surface area contributed by atoms with Crippen LogP contribution in [0, 0.1) is 0 Å². The molecule has 1 aromatic heterocycles. The van der Waals surface area contributed by atoms with Crippen LogP contribution in [0.25, 0.3) is 0 Å². The van der Waals surface area contributed by atoms with Gasteiger partial charge in [0.2, 0.25) is 0 Å². The lowest BCUT2D eigenvalue weighted by Crippen LogP contribution is -2.76. The number of amidine groups is 1. The SMILES string of the molecule is CC(O/N=C(\C(=O)NC1C(=O)N(OS(=O)(=O)O)C1(C)C)c1csc(N)n1)C1CCc2cc(C(N)=NC3CCN(CCCN)CC3)ccc2O1.O=CO. The number of thiazole rings is 1. The van der Waals surface area contributed by atoms with E-state index in [-0.39, 0.29) is 29.1 Å². The van der Waals surface area contributed by atoms with Gasteiger partial charge in [0.15, 0.2) is 16.9 Å². The summed E-state index contributed by atoms with van der Waals surface area (Å²) in [7, 11) is -4.96. The van der Waals surface area contributed by atoms with Gasteiger partial charge in [0.1, 0.15) is 29.4 Å². The highest BCUT2D eigenvalue weighted by Crippen LogP contribution is 2.33. The number of carbonyl (C=O) groups is 3. The monoisotopic (exact) mass is 767 g/mol. The van der Waals surface area contributed by atoms with Gasteiger partial charge in [-0.2, -0.15) is 13.5 Å². The molecule has 3 atom stereocenters. The Labute approximate surface area is 305 Å². The molecule has 286 valence electrons. The number of likely N-dealkylation sites (tertiary alicyclic amines) is 1. The van der Waals surface area contributed by atoms with Gasteiger partial charge in [0, 0.05) is 24.0 Å². The summed E-state index contributed by atoms with van der Waals surface area (Å²) in [5, 5.41) is 15.6. The molecule has 0 aliphatic carbocycles. The number of hydrogen-bond acceptors (Lipinski definition) is 15. The number of anilines is 1. The maximum absolute atomic E-state index is 13.4. The van der Waals surface area contributed by atoms with Crippen LogP contribution >= 0.6 is 11.3 Å². The second-order valence-electron chi connectivity index (χ2n) is 12.9. The lowest BCUT2D eigenvalue weighted by Gasteiger charge is -2.50. The van der Waals surface area contributed by atoms with E-state index in [9.17, 15) is 18.0 Å². The zero-order valence-corrected chi connectivity index (χ0v) is 30.6. The van der Waals surface area contributed by atoms with Crippen LogP contribution < -0.4 is 27.3 Å². The number of hydrogen-bond donors (Lipinski definition) is 6. The van der Waals surface area contributed by atoms with Gasteiger partial charge in [-0.05, 0) is 89.7 Å².